The summed E-state index contributed by atoms with van der Waals surface area (Å²) in [7, 11) is -3.50. The molecule has 0 bridgehead atoms. The lowest BCUT2D eigenvalue weighted by atomic mass is 9.92. The summed E-state index contributed by atoms with van der Waals surface area (Å²) in [5.41, 5.74) is 2.06. The minimum atomic E-state index is -3.50. The number of aryl methyl sites for hydroxylation is 2. The number of piperidine rings is 1. The van der Waals surface area contributed by atoms with Crippen molar-refractivity contribution >= 4 is 15.9 Å². The van der Waals surface area contributed by atoms with Crippen molar-refractivity contribution in [3.05, 3.63) is 29.3 Å². The van der Waals surface area contributed by atoms with Crippen molar-refractivity contribution in [2.24, 2.45) is 11.8 Å². The van der Waals surface area contributed by atoms with Crippen LogP contribution in [0.5, 0.6) is 0 Å². The first-order valence-corrected chi connectivity index (χ1v) is 11.8. The van der Waals surface area contributed by atoms with Crippen molar-refractivity contribution in [2.45, 2.75) is 39.0 Å². The van der Waals surface area contributed by atoms with Crippen molar-refractivity contribution in [3.63, 3.8) is 0 Å². The van der Waals surface area contributed by atoms with Gasteiger partial charge in [0, 0.05) is 38.0 Å². The molecule has 2 atom stereocenters. The first kappa shape index (κ1) is 21.3. The second-order valence-electron chi connectivity index (χ2n) is 8.81. The third-order valence-corrected chi connectivity index (χ3v) is 8.08. The fraction of sp³-hybridized carbons (Fsp3) is 0.667. The molecular formula is C21H34N3O3S+. The van der Waals surface area contributed by atoms with E-state index in [2.05, 4.69) is 13.8 Å². The topological polar surface area (TPSA) is 62.1 Å². The zero-order chi connectivity index (χ0) is 20.5. The Balaban J connectivity index is 1.57. The molecule has 0 aliphatic carbocycles. The standard InChI is InChI=1S/C21H33N3O3S/c1-16-11-17(2)14-22(13-16)15-21(25)23-7-9-24(10-8-23)28(26,27)20-6-5-18(3)19(4)12-20/h5-6,12,16-17H,7-11,13-15H2,1-4H3/p+1/t16-,17-/m1/s1. The Hall–Kier alpha value is -1.44. The molecule has 0 aromatic heterocycles. The van der Waals surface area contributed by atoms with E-state index in [1.807, 2.05) is 24.8 Å². The maximum Gasteiger partial charge on any atom is 0.277 e. The van der Waals surface area contributed by atoms with Crippen LogP contribution in [0.15, 0.2) is 23.1 Å². The van der Waals surface area contributed by atoms with Crippen molar-refractivity contribution in [3.8, 4) is 0 Å². The number of rotatable bonds is 4. The highest BCUT2D eigenvalue weighted by atomic mass is 32.2. The molecule has 0 saturated carbocycles. The number of amides is 1. The van der Waals surface area contributed by atoms with Crippen molar-refractivity contribution in [1.82, 2.24) is 9.21 Å². The predicted octanol–water partition coefficient (Wildman–Crippen LogP) is 0.697. The highest BCUT2D eigenvalue weighted by molar-refractivity contribution is 7.89. The van der Waals surface area contributed by atoms with Crippen LogP contribution >= 0.6 is 0 Å². The van der Waals surface area contributed by atoms with Gasteiger partial charge in [0.15, 0.2) is 6.54 Å². The molecule has 2 fully saturated rings. The molecule has 2 aliphatic rings. The van der Waals surface area contributed by atoms with E-state index in [4.69, 9.17) is 0 Å². The smallest absolute Gasteiger partial charge is 0.277 e. The summed E-state index contributed by atoms with van der Waals surface area (Å²) in [4.78, 5) is 16.3. The van der Waals surface area contributed by atoms with Gasteiger partial charge in [-0.2, -0.15) is 4.31 Å². The number of hydrogen-bond donors (Lipinski definition) is 1. The Kier molecular flexibility index (Phi) is 6.47. The van der Waals surface area contributed by atoms with Gasteiger partial charge in [0.05, 0.1) is 18.0 Å². The summed E-state index contributed by atoms with van der Waals surface area (Å²) in [6.07, 6.45) is 1.24. The van der Waals surface area contributed by atoms with E-state index in [1.54, 1.807) is 12.1 Å². The highest BCUT2D eigenvalue weighted by Gasteiger charge is 2.33. The van der Waals surface area contributed by atoms with E-state index in [-0.39, 0.29) is 5.91 Å². The molecule has 156 valence electrons. The third kappa shape index (κ3) is 4.75. The van der Waals surface area contributed by atoms with Crippen molar-refractivity contribution in [1.29, 1.82) is 0 Å². The largest absolute Gasteiger partial charge is 0.335 e. The van der Waals surface area contributed by atoms with Crippen LogP contribution in [0.3, 0.4) is 0 Å². The maximum absolute atomic E-state index is 12.9. The average molecular weight is 409 g/mol. The second kappa shape index (κ2) is 8.51. The molecule has 0 unspecified atom stereocenters. The summed E-state index contributed by atoms with van der Waals surface area (Å²) < 4.78 is 27.4. The molecule has 2 saturated heterocycles. The Bertz CT molecular complexity index is 806. The van der Waals surface area contributed by atoms with E-state index in [0.717, 1.165) is 24.2 Å². The Morgan fingerprint density at radius 3 is 2.21 bits per heavy atom. The minimum Gasteiger partial charge on any atom is -0.335 e. The molecule has 2 aliphatic heterocycles. The highest BCUT2D eigenvalue weighted by Crippen LogP contribution is 2.20. The Morgan fingerprint density at radius 1 is 1.04 bits per heavy atom. The molecule has 7 heteroatoms. The number of carbonyl (C=O) groups is 1. The molecule has 0 spiro atoms. The summed E-state index contributed by atoms with van der Waals surface area (Å²) >= 11 is 0. The van der Waals surface area contributed by atoms with Crippen LogP contribution in [0.4, 0.5) is 0 Å². The normalized spacial score (nSPS) is 27.0. The van der Waals surface area contributed by atoms with Gasteiger partial charge >= 0.3 is 0 Å². The fourth-order valence-electron chi connectivity index (χ4n) is 4.59. The summed E-state index contributed by atoms with van der Waals surface area (Å²) in [6.45, 7) is 12.7. The van der Waals surface area contributed by atoms with Gasteiger partial charge in [-0.1, -0.05) is 19.9 Å². The zero-order valence-electron chi connectivity index (χ0n) is 17.6. The molecule has 2 heterocycles. The molecule has 1 N–H and O–H groups in total. The number of quaternary nitrogens is 1. The zero-order valence-corrected chi connectivity index (χ0v) is 18.4. The average Bonchev–Trinajstić information content (AvgIpc) is 2.63. The molecule has 6 nitrogen and oxygen atoms in total. The third-order valence-electron chi connectivity index (χ3n) is 6.19. The van der Waals surface area contributed by atoms with Crippen LogP contribution in [0, 0.1) is 25.7 Å². The number of likely N-dealkylation sites (tertiary alicyclic amines) is 1. The molecule has 1 aromatic carbocycles. The van der Waals surface area contributed by atoms with E-state index < -0.39 is 10.0 Å². The molecule has 1 aromatic rings. The summed E-state index contributed by atoms with van der Waals surface area (Å²) in [5, 5.41) is 0. The van der Waals surface area contributed by atoms with Gasteiger partial charge < -0.3 is 9.80 Å². The van der Waals surface area contributed by atoms with Crippen molar-refractivity contribution in [2.75, 3.05) is 45.8 Å². The number of piperazine rings is 1. The maximum atomic E-state index is 12.9. The van der Waals surface area contributed by atoms with Crippen LogP contribution < -0.4 is 4.90 Å². The number of sulfonamides is 1. The predicted molar refractivity (Wildman–Crippen MR) is 110 cm³/mol. The first-order chi connectivity index (χ1) is 13.2. The van der Waals surface area contributed by atoms with Crippen LogP contribution in [0.25, 0.3) is 0 Å². The number of nitrogens with one attached hydrogen (secondary N) is 1. The Labute approximate surface area is 169 Å². The van der Waals surface area contributed by atoms with Gasteiger partial charge in [0.2, 0.25) is 10.0 Å². The number of hydrogen-bond acceptors (Lipinski definition) is 3. The van der Waals surface area contributed by atoms with Crippen LogP contribution in [-0.2, 0) is 14.8 Å². The monoisotopic (exact) mass is 408 g/mol. The molecule has 0 radical (unpaired) electrons. The molecule has 3 rings (SSSR count). The molecule has 28 heavy (non-hydrogen) atoms. The van der Waals surface area contributed by atoms with Gasteiger partial charge in [-0.15, -0.1) is 0 Å². The van der Waals surface area contributed by atoms with Gasteiger partial charge in [-0.25, -0.2) is 8.42 Å². The van der Waals surface area contributed by atoms with Crippen molar-refractivity contribution < 1.29 is 18.1 Å². The molecular weight excluding hydrogens is 374 g/mol. The second-order valence-corrected chi connectivity index (χ2v) is 10.7. The van der Waals surface area contributed by atoms with Gasteiger partial charge in [-0.3, -0.25) is 4.79 Å². The first-order valence-electron chi connectivity index (χ1n) is 10.4. The van der Waals surface area contributed by atoms with Gasteiger partial charge in [0.25, 0.3) is 5.91 Å². The van der Waals surface area contributed by atoms with Gasteiger partial charge in [0.1, 0.15) is 0 Å². The number of nitrogens with zero attached hydrogens (tertiary/aromatic N) is 2. The summed E-state index contributed by atoms with van der Waals surface area (Å²) in [6, 6.07) is 5.27. The summed E-state index contributed by atoms with van der Waals surface area (Å²) in [5.74, 6) is 1.47. The minimum absolute atomic E-state index is 0.152. The SMILES string of the molecule is Cc1ccc(S(=O)(=O)N2CCN(C(=O)C[NH+]3C[C@H](C)C[C@@H](C)C3)CC2)cc1C. The van der Waals surface area contributed by atoms with E-state index in [0.29, 0.717) is 49.5 Å². The lowest BCUT2D eigenvalue weighted by Crippen LogP contribution is -3.15. The molecule has 1 amide bonds. The van der Waals surface area contributed by atoms with E-state index in [9.17, 15) is 13.2 Å². The lowest BCUT2D eigenvalue weighted by molar-refractivity contribution is -0.904. The quantitative estimate of drug-likeness (QED) is 0.798. The van der Waals surface area contributed by atoms with Crippen LogP contribution in [-0.4, -0.2) is 69.3 Å². The lowest BCUT2D eigenvalue weighted by Gasteiger charge is -2.36. The van der Waals surface area contributed by atoms with Crippen LogP contribution in [0.2, 0.25) is 0 Å². The van der Waals surface area contributed by atoms with Crippen LogP contribution in [0.1, 0.15) is 31.4 Å². The Morgan fingerprint density at radius 2 is 1.64 bits per heavy atom. The van der Waals surface area contributed by atoms with Gasteiger partial charge in [-0.05, 0) is 43.5 Å². The number of carbonyl (C=O) groups excluding carboxylic acids is 1. The van der Waals surface area contributed by atoms with E-state index in [1.165, 1.54) is 15.6 Å². The van der Waals surface area contributed by atoms with E-state index >= 15 is 0 Å². The fourth-order valence-corrected chi connectivity index (χ4v) is 6.10. The number of benzene rings is 1.